The summed E-state index contributed by atoms with van der Waals surface area (Å²) in [6.45, 7) is 1.88. The van der Waals surface area contributed by atoms with Crippen LogP contribution in [0, 0.1) is 10.1 Å². The highest BCUT2D eigenvalue weighted by Crippen LogP contribution is 2.30. The summed E-state index contributed by atoms with van der Waals surface area (Å²) in [6, 6.07) is 8.90. The average Bonchev–Trinajstić information content (AvgIpc) is 2.72. The lowest BCUT2D eigenvalue weighted by molar-refractivity contribution is -0.387. The van der Waals surface area contributed by atoms with E-state index in [0.717, 1.165) is 17.8 Å². The summed E-state index contributed by atoms with van der Waals surface area (Å²) in [7, 11) is -2.27. The molecular formula is C19H22N4O7S2. The van der Waals surface area contributed by atoms with E-state index in [1.807, 2.05) is 0 Å². The average molecular weight is 483 g/mol. The highest BCUT2D eigenvalue weighted by Gasteiger charge is 2.19. The molecule has 0 aromatic heterocycles. The molecule has 0 saturated heterocycles. The lowest BCUT2D eigenvalue weighted by Gasteiger charge is -2.13. The second-order valence-corrected chi connectivity index (χ2v) is 9.37. The van der Waals surface area contributed by atoms with Crippen LogP contribution in [0.1, 0.15) is 17.3 Å². The third-order valence-corrected chi connectivity index (χ3v) is 6.69. The Hall–Kier alpha value is -3.00. The first-order valence-electron chi connectivity index (χ1n) is 9.15. The van der Waals surface area contributed by atoms with Crippen molar-refractivity contribution in [3.05, 3.63) is 58.1 Å². The molecule has 0 saturated carbocycles. The fraction of sp³-hybridized carbons (Fsp3) is 0.263. The van der Waals surface area contributed by atoms with Crippen LogP contribution in [-0.2, 0) is 19.6 Å². The second-order valence-electron chi connectivity index (χ2n) is 6.64. The molecule has 172 valence electrons. The number of nitro groups is 1. The van der Waals surface area contributed by atoms with Crippen molar-refractivity contribution >= 4 is 45.0 Å². The molecular weight excluding hydrogens is 460 g/mol. The van der Waals surface area contributed by atoms with Crippen LogP contribution < -0.4 is 15.8 Å². The first-order chi connectivity index (χ1) is 15.0. The molecule has 0 fully saturated rings. The number of carbonyl (C=O) groups is 2. The Balaban J connectivity index is 2.01. The van der Waals surface area contributed by atoms with Gasteiger partial charge in [0.15, 0.2) is 0 Å². The van der Waals surface area contributed by atoms with Crippen molar-refractivity contribution in [2.24, 2.45) is 5.73 Å². The largest absolute Gasteiger partial charge is 0.383 e. The smallest absolute Gasteiger partial charge is 0.283 e. The molecule has 13 heteroatoms. The SMILES string of the molecule is COCC(C)NS(=O)(=O)c1ccc(NC(=O)CSc2ccc(C(N)=O)cc2[N+](=O)[O-])cc1. The van der Waals surface area contributed by atoms with Gasteiger partial charge in [-0.15, -0.1) is 11.8 Å². The fourth-order valence-corrected chi connectivity index (χ4v) is 4.64. The number of nitrogens with two attached hydrogens (primary N) is 1. The van der Waals surface area contributed by atoms with Gasteiger partial charge in [-0.25, -0.2) is 13.1 Å². The van der Waals surface area contributed by atoms with Gasteiger partial charge in [0.1, 0.15) is 0 Å². The summed E-state index contributed by atoms with van der Waals surface area (Å²) in [6.07, 6.45) is 0. The number of methoxy groups -OCH3 is 1. The quantitative estimate of drug-likeness (QED) is 0.247. The Morgan fingerprint density at radius 3 is 2.44 bits per heavy atom. The molecule has 2 aromatic rings. The molecule has 1 unspecified atom stereocenters. The topological polar surface area (TPSA) is 171 Å². The number of thioether (sulfide) groups is 1. The number of ether oxygens (including phenoxy) is 1. The molecule has 2 amide bonds. The zero-order chi connectivity index (χ0) is 23.9. The molecule has 0 radical (unpaired) electrons. The number of amides is 2. The van der Waals surface area contributed by atoms with E-state index in [-0.39, 0.29) is 33.4 Å². The van der Waals surface area contributed by atoms with Crippen LogP contribution in [0.2, 0.25) is 0 Å². The molecule has 0 aliphatic rings. The molecule has 0 aliphatic carbocycles. The summed E-state index contributed by atoms with van der Waals surface area (Å²) in [5, 5.41) is 13.8. The van der Waals surface area contributed by atoms with Crippen LogP contribution in [0.3, 0.4) is 0 Å². The number of carbonyl (C=O) groups excluding carboxylic acids is 2. The first kappa shape index (κ1) is 25.3. The highest BCUT2D eigenvalue weighted by atomic mass is 32.2. The predicted molar refractivity (Wildman–Crippen MR) is 119 cm³/mol. The van der Waals surface area contributed by atoms with Crippen molar-refractivity contribution in [3.8, 4) is 0 Å². The summed E-state index contributed by atoms with van der Waals surface area (Å²) >= 11 is 0.918. The Morgan fingerprint density at radius 2 is 1.88 bits per heavy atom. The number of hydrogen-bond donors (Lipinski definition) is 3. The van der Waals surface area contributed by atoms with E-state index in [1.165, 1.54) is 43.5 Å². The highest BCUT2D eigenvalue weighted by molar-refractivity contribution is 8.00. The predicted octanol–water partition coefficient (Wildman–Crippen LogP) is 1.74. The van der Waals surface area contributed by atoms with Gasteiger partial charge in [-0.05, 0) is 43.3 Å². The number of primary amides is 1. The summed E-state index contributed by atoms with van der Waals surface area (Å²) in [4.78, 5) is 34.2. The lowest BCUT2D eigenvalue weighted by atomic mass is 10.2. The van der Waals surface area contributed by atoms with Gasteiger partial charge in [-0.3, -0.25) is 19.7 Å². The number of nitrogens with one attached hydrogen (secondary N) is 2. The number of sulfonamides is 1. The van der Waals surface area contributed by atoms with Crippen molar-refractivity contribution < 1.29 is 27.7 Å². The molecule has 4 N–H and O–H groups in total. The van der Waals surface area contributed by atoms with E-state index in [1.54, 1.807) is 6.92 Å². The third kappa shape index (κ3) is 7.02. The summed E-state index contributed by atoms with van der Waals surface area (Å²) in [5.41, 5.74) is 5.16. The zero-order valence-electron chi connectivity index (χ0n) is 17.2. The van der Waals surface area contributed by atoms with Gasteiger partial charge < -0.3 is 15.8 Å². The van der Waals surface area contributed by atoms with Gasteiger partial charge in [0.05, 0.1) is 27.1 Å². The molecule has 0 spiro atoms. The number of hydrogen-bond acceptors (Lipinski definition) is 8. The maximum atomic E-state index is 12.3. The second kappa shape index (κ2) is 11.0. The summed E-state index contributed by atoms with van der Waals surface area (Å²) < 4.78 is 32.0. The van der Waals surface area contributed by atoms with Crippen LogP contribution in [0.4, 0.5) is 11.4 Å². The lowest BCUT2D eigenvalue weighted by Crippen LogP contribution is -2.35. The minimum absolute atomic E-state index is 0.00773. The van der Waals surface area contributed by atoms with Gasteiger partial charge in [0.2, 0.25) is 21.8 Å². The third-order valence-electron chi connectivity index (χ3n) is 4.02. The van der Waals surface area contributed by atoms with Crippen LogP contribution >= 0.6 is 11.8 Å². The van der Waals surface area contributed by atoms with Crippen molar-refractivity contribution in [1.29, 1.82) is 0 Å². The molecule has 0 aliphatic heterocycles. The molecule has 1 atom stereocenters. The number of nitro benzene ring substituents is 1. The van der Waals surface area contributed by atoms with Gasteiger partial charge in [0.25, 0.3) is 5.69 Å². The van der Waals surface area contributed by atoms with E-state index < -0.39 is 32.8 Å². The molecule has 11 nitrogen and oxygen atoms in total. The minimum Gasteiger partial charge on any atom is -0.383 e. The standard InChI is InChI=1S/C19H22N4O7S2/c1-12(10-30-2)22-32(28,29)15-6-4-14(5-7-15)21-18(24)11-31-17-8-3-13(19(20)25)9-16(17)23(26)27/h3-9,12,22H,10-11H2,1-2H3,(H2,20,25)(H,21,24). The fourth-order valence-electron chi connectivity index (χ4n) is 2.61. The van der Waals surface area contributed by atoms with Crippen LogP contribution in [0.15, 0.2) is 52.3 Å². The maximum absolute atomic E-state index is 12.3. The van der Waals surface area contributed by atoms with Crippen LogP contribution in [0.25, 0.3) is 0 Å². The zero-order valence-corrected chi connectivity index (χ0v) is 18.9. The van der Waals surface area contributed by atoms with Crippen molar-refractivity contribution in [3.63, 3.8) is 0 Å². The van der Waals surface area contributed by atoms with E-state index in [9.17, 15) is 28.1 Å². The molecule has 32 heavy (non-hydrogen) atoms. The minimum atomic E-state index is -3.74. The van der Waals surface area contributed by atoms with E-state index >= 15 is 0 Å². The van der Waals surface area contributed by atoms with Crippen molar-refractivity contribution in [1.82, 2.24) is 4.72 Å². The molecule has 2 rings (SSSR count). The van der Waals surface area contributed by atoms with Crippen molar-refractivity contribution in [2.45, 2.75) is 22.8 Å². The Kier molecular flexibility index (Phi) is 8.72. The number of rotatable bonds is 11. The Bertz CT molecular complexity index is 1110. The van der Waals surface area contributed by atoms with Gasteiger partial charge >= 0.3 is 0 Å². The van der Waals surface area contributed by atoms with E-state index in [4.69, 9.17) is 10.5 Å². The van der Waals surface area contributed by atoms with Gasteiger partial charge in [-0.2, -0.15) is 0 Å². The van der Waals surface area contributed by atoms with E-state index in [0.29, 0.717) is 5.69 Å². The Labute approximate surface area is 188 Å². The monoisotopic (exact) mass is 482 g/mol. The number of nitrogens with zero attached hydrogens (tertiary/aromatic N) is 1. The first-order valence-corrected chi connectivity index (χ1v) is 11.6. The van der Waals surface area contributed by atoms with Crippen LogP contribution in [-0.4, -0.2) is 50.7 Å². The molecule has 2 aromatic carbocycles. The van der Waals surface area contributed by atoms with Crippen molar-refractivity contribution in [2.75, 3.05) is 24.8 Å². The Morgan fingerprint density at radius 1 is 1.22 bits per heavy atom. The number of benzene rings is 2. The summed E-state index contributed by atoms with van der Waals surface area (Å²) in [5.74, 6) is -1.39. The van der Waals surface area contributed by atoms with Gasteiger partial charge in [0, 0.05) is 30.5 Å². The maximum Gasteiger partial charge on any atom is 0.283 e. The van der Waals surface area contributed by atoms with E-state index in [2.05, 4.69) is 10.0 Å². The number of anilines is 1. The molecule has 0 heterocycles. The normalized spacial score (nSPS) is 12.2. The molecule has 0 bridgehead atoms. The van der Waals surface area contributed by atoms with Crippen LogP contribution in [0.5, 0.6) is 0 Å². The van der Waals surface area contributed by atoms with Gasteiger partial charge in [-0.1, -0.05) is 0 Å².